The Hall–Kier alpha value is -2.80. The monoisotopic (exact) mass is 352 g/mol. The molecule has 1 aromatic carbocycles. The van der Waals surface area contributed by atoms with Gasteiger partial charge in [0.15, 0.2) is 5.17 Å². The van der Waals surface area contributed by atoms with E-state index in [1.54, 1.807) is 24.4 Å². The molecule has 1 aliphatic heterocycles. The standard InChI is InChI=1S/C18H16N4O2S/c23-12-4-1-3-11(7-12)8-16(24)22-18-21-15(10-25-18)14-9-20-17-13(14)5-2-6-19-17/h1-7,9,15,23H,8,10H2,(H,19,20)(H,21,22,24). The molecule has 1 unspecified atom stereocenters. The molecular formula is C18H16N4O2S. The van der Waals surface area contributed by atoms with Gasteiger partial charge in [-0.2, -0.15) is 0 Å². The van der Waals surface area contributed by atoms with Crippen LogP contribution in [0.3, 0.4) is 0 Å². The van der Waals surface area contributed by atoms with Crippen molar-refractivity contribution >= 4 is 33.9 Å². The number of fused-ring (bicyclic) bond motifs is 1. The van der Waals surface area contributed by atoms with Crippen molar-refractivity contribution in [2.24, 2.45) is 4.99 Å². The molecule has 1 amide bonds. The number of amides is 1. The van der Waals surface area contributed by atoms with E-state index in [2.05, 4.69) is 20.3 Å². The lowest BCUT2D eigenvalue weighted by atomic mass is 10.1. The summed E-state index contributed by atoms with van der Waals surface area (Å²) in [5.41, 5.74) is 2.70. The number of rotatable bonds is 3. The maximum absolute atomic E-state index is 12.2. The minimum Gasteiger partial charge on any atom is -0.508 e. The van der Waals surface area contributed by atoms with Crippen LogP contribution in [0.2, 0.25) is 0 Å². The first-order valence-electron chi connectivity index (χ1n) is 7.89. The Bertz CT molecular complexity index is 966. The summed E-state index contributed by atoms with van der Waals surface area (Å²) < 4.78 is 0. The van der Waals surface area contributed by atoms with E-state index in [4.69, 9.17) is 0 Å². The maximum Gasteiger partial charge on any atom is 0.230 e. The number of nitrogens with zero attached hydrogens (tertiary/aromatic N) is 2. The fourth-order valence-electron chi connectivity index (χ4n) is 2.87. The normalized spacial score (nSPS) is 16.8. The van der Waals surface area contributed by atoms with Crippen molar-refractivity contribution in [1.29, 1.82) is 0 Å². The molecule has 6 nitrogen and oxygen atoms in total. The molecular weight excluding hydrogens is 336 g/mol. The van der Waals surface area contributed by atoms with E-state index in [0.29, 0.717) is 5.17 Å². The van der Waals surface area contributed by atoms with E-state index in [1.165, 1.54) is 11.8 Å². The largest absolute Gasteiger partial charge is 0.508 e. The van der Waals surface area contributed by atoms with Crippen LogP contribution in [0.4, 0.5) is 0 Å². The minimum absolute atomic E-state index is 0.000908. The fourth-order valence-corrected chi connectivity index (χ4v) is 3.83. The van der Waals surface area contributed by atoms with Gasteiger partial charge in [0.1, 0.15) is 11.4 Å². The summed E-state index contributed by atoms with van der Waals surface area (Å²) in [5.74, 6) is 0.799. The molecule has 0 spiro atoms. The smallest absolute Gasteiger partial charge is 0.230 e. The Morgan fingerprint density at radius 3 is 3.16 bits per heavy atom. The van der Waals surface area contributed by atoms with Gasteiger partial charge in [-0.15, -0.1) is 0 Å². The zero-order chi connectivity index (χ0) is 17.2. The number of H-pyrrole nitrogens is 1. The molecule has 1 aliphatic rings. The first-order valence-corrected chi connectivity index (χ1v) is 8.88. The highest BCUT2D eigenvalue weighted by Gasteiger charge is 2.23. The highest BCUT2D eigenvalue weighted by Crippen LogP contribution is 2.33. The van der Waals surface area contributed by atoms with Crippen molar-refractivity contribution in [3.8, 4) is 5.75 Å². The molecule has 4 rings (SSSR count). The summed E-state index contributed by atoms with van der Waals surface area (Å²) in [6, 6.07) is 10.6. The van der Waals surface area contributed by atoms with Crippen LogP contribution in [0.5, 0.6) is 5.75 Å². The lowest BCUT2D eigenvalue weighted by Crippen LogP contribution is -2.28. The van der Waals surface area contributed by atoms with E-state index in [1.807, 2.05) is 24.4 Å². The van der Waals surface area contributed by atoms with Crippen molar-refractivity contribution in [3.05, 3.63) is 59.9 Å². The number of pyridine rings is 1. The molecule has 0 fully saturated rings. The molecule has 0 saturated carbocycles. The number of aromatic amines is 1. The third-order valence-corrected chi connectivity index (χ3v) is 4.98. The second-order valence-corrected chi connectivity index (χ2v) is 6.81. The van der Waals surface area contributed by atoms with Gasteiger partial charge in [0, 0.05) is 29.1 Å². The quantitative estimate of drug-likeness (QED) is 0.676. The molecule has 3 heterocycles. The van der Waals surface area contributed by atoms with Crippen molar-refractivity contribution in [2.45, 2.75) is 12.5 Å². The van der Waals surface area contributed by atoms with E-state index >= 15 is 0 Å². The Morgan fingerprint density at radius 1 is 1.36 bits per heavy atom. The van der Waals surface area contributed by atoms with Crippen molar-refractivity contribution < 1.29 is 9.90 Å². The SMILES string of the molecule is O=C(Cc1cccc(O)c1)NC1=NC(c2c[nH]c3ncccc23)CS1. The third-order valence-electron chi connectivity index (χ3n) is 4.01. The van der Waals surface area contributed by atoms with Gasteiger partial charge in [0.05, 0.1) is 12.5 Å². The number of carbonyl (C=O) groups excluding carboxylic acids is 1. The predicted molar refractivity (Wildman–Crippen MR) is 98.7 cm³/mol. The number of amidine groups is 1. The van der Waals surface area contributed by atoms with Gasteiger partial charge in [0.2, 0.25) is 5.91 Å². The van der Waals surface area contributed by atoms with Crippen molar-refractivity contribution in [2.75, 3.05) is 5.75 Å². The number of aromatic hydroxyl groups is 1. The minimum atomic E-state index is -0.141. The fraction of sp³-hybridized carbons (Fsp3) is 0.167. The Morgan fingerprint density at radius 2 is 2.28 bits per heavy atom. The second-order valence-electron chi connectivity index (χ2n) is 5.80. The van der Waals surface area contributed by atoms with Crippen LogP contribution in [0.1, 0.15) is 17.2 Å². The van der Waals surface area contributed by atoms with Crippen LogP contribution in [0.15, 0.2) is 53.8 Å². The second kappa shape index (κ2) is 6.60. The zero-order valence-corrected chi connectivity index (χ0v) is 14.1. The molecule has 2 aromatic heterocycles. The summed E-state index contributed by atoms with van der Waals surface area (Å²) in [5, 5.41) is 14.0. The lowest BCUT2D eigenvalue weighted by molar-refractivity contribution is -0.119. The maximum atomic E-state index is 12.2. The van der Waals surface area contributed by atoms with Crippen molar-refractivity contribution in [1.82, 2.24) is 15.3 Å². The van der Waals surface area contributed by atoms with E-state index in [9.17, 15) is 9.90 Å². The number of nitrogens with one attached hydrogen (secondary N) is 2. The van der Waals surface area contributed by atoms with E-state index < -0.39 is 0 Å². The number of aliphatic imine (C=N–C) groups is 1. The van der Waals surface area contributed by atoms with Gasteiger partial charge in [-0.05, 0) is 29.8 Å². The van der Waals surface area contributed by atoms with Gasteiger partial charge in [0.25, 0.3) is 0 Å². The summed E-state index contributed by atoms with van der Waals surface area (Å²) >= 11 is 1.53. The van der Waals surface area contributed by atoms with Crippen molar-refractivity contribution in [3.63, 3.8) is 0 Å². The number of aromatic nitrogens is 2. The van der Waals surface area contributed by atoms with E-state index in [-0.39, 0.29) is 24.1 Å². The third kappa shape index (κ3) is 3.36. The van der Waals surface area contributed by atoms with Gasteiger partial charge in [-0.25, -0.2) is 4.98 Å². The van der Waals surface area contributed by atoms with Crippen LogP contribution in [0.25, 0.3) is 11.0 Å². The summed E-state index contributed by atoms with van der Waals surface area (Å²) in [7, 11) is 0. The summed E-state index contributed by atoms with van der Waals surface area (Å²) in [6.45, 7) is 0. The average molecular weight is 352 g/mol. The first kappa shape index (κ1) is 15.7. The highest BCUT2D eigenvalue weighted by atomic mass is 32.2. The predicted octanol–water partition coefficient (Wildman–Crippen LogP) is 2.77. The van der Waals surface area contributed by atoms with Gasteiger partial charge in [-0.3, -0.25) is 9.79 Å². The van der Waals surface area contributed by atoms with Gasteiger partial charge in [-0.1, -0.05) is 23.9 Å². The molecule has 0 bridgehead atoms. The van der Waals surface area contributed by atoms with E-state index in [0.717, 1.165) is 27.9 Å². The molecule has 0 aliphatic carbocycles. The summed E-state index contributed by atoms with van der Waals surface area (Å²) in [6.07, 6.45) is 3.89. The molecule has 0 saturated heterocycles. The lowest BCUT2D eigenvalue weighted by Gasteiger charge is -2.04. The van der Waals surface area contributed by atoms with Gasteiger partial charge < -0.3 is 15.4 Å². The zero-order valence-electron chi connectivity index (χ0n) is 13.3. The average Bonchev–Trinajstić information content (AvgIpc) is 3.21. The number of thioether (sulfide) groups is 1. The molecule has 7 heteroatoms. The number of phenols is 1. The van der Waals surface area contributed by atoms with Crippen LogP contribution in [-0.4, -0.2) is 31.9 Å². The Labute approximate surface area is 148 Å². The Kier molecular flexibility index (Phi) is 4.15. The van der Waals surface area contributed by atoms with Crippen LogP contribution < -0.4 is 5.32 Å². The van der Waals surface area contributed by atoms with Gasteiger partial charge >= 0.3 is 0 Å². The number of carbonyl (C=O) groups is 1. The van der Waals surface area contributed by atoms with Crippen LogP contribution in [-0.2, 0) is 11.2 Å². The summed E-state index contributed by atoms with van der Waals surface area (Å²) in [4.78, 5) is 24.3. The number of hydrogen-bond acceptors (Lipinski definition) is 5. The molecule has 3 N–H and O–H groups in total. The molecule has 0 radical (unpaired) electrons. The number of benzene rings is 1. The first-order chi connectivity index (χ1) is 12.2. The topological polar surface area (TPSA) is 90.4 Å². The molecule has 126 valence electrons. The number of phenolic OH excluding ortho intramolecular Hbond substituents is 1. The molecule has 1 atom stereocenters. The highest BCUT2D eigenvalue weighted by molar-refractivity contribution is 8.14. The molecule has 3 aromatic rings. The van der Waals surface area contributed by atoms with Crippen LogP contribution in [0, 0.1) is 0 Å². The number of hydrogen-bond donors (Lipinski definition) is 3. The van der Waals surface area contributed by atoms with Crippen LogP contribution >= 0.6 is 11.8 Å². The Balaban J connectivity index is 1.45. The molecule has 25 heavy (non-hydrogen) atoms.